The van der Waals surface area contributed by atoms with Gasteiger partial charge in [-0.15, -0.1) is 0 Å². The number of aromatic amines is 1. The molecule has 0 aromatic carbocycles. The highest BCUT2D eigenvalue weighted by molar-refractivity contribution is 5.70. The molecule has 5 N–H and O–H groups in total. The van der Waals surface area contributed by atoms with Crippen molar-refractivity contribution in [1.82, 2.24) is 19.5 Å². The van der Waals surface area contributed by atoms with E-state index in [1.165, 1.54) is 6.33 Å². The van der Waals surface area contributed by atoms with Gasteiger partial charge in [0.15, 0.2) is 11.2 Å². The zero-order valence-electron chi connectivity index (χ0n) is 10.2. The number of nitrogens with one attached hydrogen (secondary N) is 1. The number of anilines is 1. The fraction of sp³-hybridized carbons (Fsp3) is 0.545. The predicted octanol–water partition coefficient (Wildman–Crippen LogP) is -0.994. The molecule has 3 rings (SSSR count). The van der Waals surface area contributed by atoms with Gasteiger partial charge in [-0.3, -0.25) is 9.78 Å². The van der Waals surface area contributed by atoms with Gasteiger partial charge >= 0.3 is 0 Å². The third kappa shape index (κ3) is 1.89. The molecule has 0 spiro atoms. The Morgan fingerprint density at radius 3 is 3.00 bits per heavy atom. The molecule has 1 aliphatic carbocycles. The number of nitrogens with two attached hydrogens (primary N) is 1. The summed E-state index contributed by atoms with van der Waals surface area (Å²) < 4.78 is 1.75. The largest absolute Gasteiger partial charge is 0.396 e. The molecule has 102 valence electrons. The molecular formula is C11H15N5O3. The van der Waals surface area contributed by atoms with Crippen LogP contribution in [0.3, 0.4) is 0 Å². The van der Waals surface area contributed by atoms with Crippen molar-refractivity contribution in [2.24, 2.45) is 5.92 Å². The maximum atomic E-state index is 11.7. The molecule has 0 saturated heterocycles. The lowest BCUT2D eigenvalue weighted by molar-refractivity contribution is 0.0906. The zero-order valence-corrected chi connectivity index (χ0v) is 10.2. The quantitative estimate of drug-likeness (QED) is 0.551. The molecule has 8 nitrogen and oxygen atoms in total. The van der Waals surface area contributed by atoms with Crippen LogP contribution in [-0.4, -0.2) is 42.4 Å². The summed E-state index contributed by atoms with van der Waals surface area (Å²) in [5.74, 6) is -0.113. The summed E-state index contributed by atoms with van der Waals surface area (Å²) in [5, 5.41) is 19.0. The summed E-state index contributed by atoms with van der Waals surface area (Å²) >= 11 is 0. The van der Waals surface area contributed by atoms with Gasteiger partial charge in [0.2, 0.25) is 5.95 Å². The number of H-pyrrole nitrogens is 1. The normalized spacial score (nSPS) is 27.2. The molecular weight excluding hydrogens is 250 g/mol. The number of fused-ring (bicyclic) bond motifs is 1. The van der Waals surface area contributed by atoms with Gasteiger partial charge in [0, 0.05) is 18.6 Å². The highest BCUT2D eigenvalue weighted by Gasteiger charge is 2.34. The summed E-state index contributed by atoms with van der Waals surface area (Å²) in [6.45, 7) is -0.0551. The molecule has 1 fully saturated rings. The second-order valence-electron chi connectivity index (χ2n) is 4.91. The lowest BCUT2D eigenvalue weighted by Gasteiger charge is -2.11. The second kappa shape index (κ2) is 4.32. The van der Waals surface area contributed by atoms with E-state index in [4.69, 9.17) is 5.73 Å². The standard InChI is InChI=1S/C11H15N5O3/c12-11-14-9-8(10(19)15-11)13-4-16(9)6-1-5(3-17)7(18)2-6/h4-7,17-18H,1-3H2,(H3,12,14,15,19)/t5-,6+,7-/m1/s1. The molecule has 19 heavy (non-hydrogen) atoms. The number of rotatable bonds is 2. The van der Waals surface area contributed by atoms with Gasteiger partial charge in [0.1, 0.15) is 0 Å². The minimum absolute atomic E-state index is 0.0363. The summed E-state index contributed by atoms with van der Waals surface area (Å²) in [6.07, 6.45) is 2.11. The first-order valence-electron chi connectivity index (χ1n) is 6.11. The summed E-state index contributed by atoms with van der Waals surface area (Å²) in [6, 6.07) is -0.0363. The number of nitrogen functional groups attached to an aromatic ring is 1. The van der Waals surface area contributed by atoms with Gasteiger partial charge in [-0.05, 0) is 12.8 Å². The number of hydrogen-bond donors (Lipinski definition) is 4. The predicted molar refractivity (Wildman–Crippen MR) is 67.4 cm³/mol. The minimum Gasteiger partial charge on any atom is -0.396 e. The number of hydrogen-bond acceptors (Lipinski definition) is 6. The van der Waals surface area contributed by atoms with Crippen molar-refractivity contribution in [3.63, 3.8) is 0 Å². The lowest BCUT2D eigenvalue weighted by atomic mass is 10.1. The van der Waals surface area contributed by atoms with Crippen molar-refractivity contribution in [3.05, 3.63) is 16.7 Å². The fourth-order valence-corrected chi connectivity index (χ4v) is 2.71. The molecule has 2 heterocycles. The minimum atomic E-state index is -0.549. The van der Waals surface area contributed by atoms with Crippen LogP contribution in [0.1, 0.15) is 18.9 Å². The zero-order chi connectivity index (χ0) is 13.6. The summed E-state index contributed by atoms with van der Waals surface area (Å²) in [5.41, 5.74) is 5.81. The molecule has 0 aliphatic heterocycles. The van der Waals surface area contributed by atoms with Crippen molar-refractivity contribution in [1.29, 1.82) is 0 Å². The van der Waals surface area contributed by atoms with E-state index in [0.29, 0.717) is 18.5 Å². The van der Waals surface area contributed by atoms with Crippen LogP contribution in [0.25, 0.3) is 11.2 Å². The van der Waals surface area contributed by atoms with Crippen LogP contribution in [0.5, 0.6) is 0 Å². The van der Waals surface area contributed by atoms with Crippen molar-refractivity contribution < 1.29 is 10.2 Å². The summed E-state index contributed by atoms with van der Waals surface area (Å²) in [4.78, 5) is 22.2. The molecule has 3 atom stereocenters. The van der Waals surface area contributed by atoms with Crippen molar-refractivity contribution in [3.8, 4) is 0 Å². The second-order valence-corrected chi connectivity index (χ2v) is 4.91. The average molecular weight is 265 g/mol. The topological polar surface area (TPSA) is 130 Å². The van der Waals surface area contributed by atoms with Crippen LogP contribution in [0, 0.1) is 5.92 Å². The molecule has 0 radical (unpaired) electrons. The Bertz CT molecular complexity index is 664. The Morgan fingerprint density at radius 2 is 2.32 bits per heavy atom. The molecule has 8 heteroatoms. The Balaban J connectivity index is 2.05. The smallest absolute Gasteiger partial charge is 0.280 e. The van der Waals surface area contributed by atoms with E-state index in [1.54, 1.807) is 4.57 Å². The Hall–Kier alpha value is -1.93. The highest BCUT2D eigenvalue weighted by Crippen LogP contribution is 2.35. The van der Waals surface area contributed by atoms with Crippen LogP contribution in [-0.2, 0) is 0 Å². The molecule has 0 bridgehead atoms. The highest BCUT2D eigenvalue weighted by atomic mass is 16.3. The summed E-state index contributed by atoms with van der Waals surface area (Å²) in [7, 11) is 0. The number of aliphatic hydroxyl groups excluding tert-OH is 2. The van der Waals surface area contributed by atoms with Gasteiger partial charge in [0.05, 0.1) is 12.4 Å². The molecule has 2 aromatic rings. The lowest BCUT2D eigenvalue weighted by Crippen LogP contribution is -2.16. The van der Waals surface area contributed by atoms with E-state index >= 15 is 0 Å². The maximum absolute atomic E-state index is 11.7. The van der Waals surface area contributed by atoms with Gasteiger partial charge in [-0.1, -0.05) is 0 Å². The fourth-order valence-electron chi connectivity index (χ4n) is 2.71. The van der Waals surface area contributed by atoms with E-state index in [9.17, 15) is 15.0 Å². The SMILES string of the molecule is Nc1nc2c(ncn2[C@H]2C[C@H](CO)[C@H](O)C2)c(=O)[nH]1. The van der Waals surface area contributed by atoms with Crippen LogP contribution < -0.4 is 11.3 Å². The van der Waals surface area contributed by atoms with Crippen molar-refractivity contribution >= 4 is 17.1 Å². The van der Waals surface area contributed by atoms with Gasteiger partial charge in [-0.25, -0.2) is 4.98 Å². The van der Waals surface area contributed by atoms with E-state index < -0.39 is 6.10 Å². The van der Waals surface area contributed by atoms with Gasteiger partial charge < -0.3 is 20.5 Å². The first-order chi connectivity index (χ1) is 9.10. The van der Waals surface area contributed by atoms with E-state index in [2.05, 4.69) is 15.0 Å². The Morgan fingerprint density at radius 1 is 1.53 bits per heavy atom. The number of nitrogens with zero attached hydrogens (tertiary/aromatic N) is 3. The number of aromatic nitrogens is 4. The third-order valence-electron chi connectivity index (χ3n) is 3.71. The first kappa shape index (κ1) is 12.1. The molecule has 0 unspecified atom stereocenters. The van der Waals surface area contributed by atoms with Crippen LogP contribution >= 0.6 is 0 Å². The Kier molecular flexibility index (Phi) is 2.76. The first-order valence-corrected chi connectivity index (χ1v) is 6.11. The molecule has 1 saturated carbocycles. The molecule has 1 aliphatic rings. The van der Waals surface area contributed by atoms with Gasteiger partial charge in [-0.2, -0.15) is 4.98 Å². The van der Waals surface area contributed by atoms with E-state index in [1.807, 2.05) is 0 Å². The molecule has 2 aromatic heterocycles. The maximum Gasteiger partial charge on any atom is 0.280 e. The number of aliphatic hydroxyl groups is 2. The monoisotopic (exact) mass is 265 g/mol. The van der Waals surface area contributed by atoms with E-state index in [-0.39, 0.29) is 35.6 Å². The average Bonchev–Trinajstić information content (AvgIpc) is 2.92. The van der Waals surface area contributed by atoms with Crippen molar-refractivity contribution in [2.45, 2.75) is 25.0 Å². The van der Waals surface area contributed by atoms with Crippen LogP contribution in [0.4, 0.5) is 5.95 Å². The van der Waals surface area contributed by atoms with Crippen LogP contribution in [0.2, 0.25) is 0 Å². The van der Waals surface area contributed by atoms with E-state index in [0.717, 1.165) is 0 Å². The third-order valence-corrected chi connectivity index (χ3v) is 3.71. The number of imidazole rings is 1. The van der Waals surface area contributed by atoms with Crippen molar-refractivity contribution in [2.75, 3.05) is 12.3 Å². The van der Waals surface area contributed by atoms with Crippen LogP contribution in [0.15, 0.2) is 11.1 Å². The Labute approximate surface area is 107 Å². The molecule has 0 amide bonds. The van der Waals surface area contributed by atoms with Gasteiger partial charge in [0.25, 0.3) is 5.56 Å².